The zero-order chi connectivity index (χ0) is 12.2. The van der Waals surface area contributed by atoms with Crippen molar-refractivity contribution in [1.29, 1.82) is 0 Å². The molecule has 0 amide bonds. The minimum Gasteiger partial charge on any atom is -0.376 e. The van der Waals surface area contributed by atoms with Crippen LogP contribution < -0.4 is 10.6 Å². The van der Waals surface area contributed by atoms with Crippen LogP contribution in [0.5, 0.6) is 0 Å². The van der Waals surface area contributed by atoms with Crippen LogP contribution in [0.2, 0.25) is 0 Å². The van der Waals surface area contributed by atoms with E-state index >= 15 is 0 Å². The van der Waals surface area contributed by atoms with Gasteiger partial charge in [-0.05, 0) is 0 Å². The van der Waals surface area contributed by atoms with Crippen molar-refractivity contribution < 1.29 is 13.2 Å². The molecule has 1 aromatic rings. The molecule has 1 heterocycles. The van der Waals surface area contributed by atoms with Crippen molar-refractivity contribution in [1.82, 2.24) is 4.98 Å². The molecule has 0 aromatic carbocycles. The summed E-state index contributed by atoms with van der Waals surface area (Å²) in [6.07, 6.45) is -1.34. The van der Waals surface area contributed by atoms with Crippen molar-refractivity contribution in [3.05, 3.63) is 24.4 Å². The first kappa shape index (κ1) is 12.4. The molecule has 2 N–H and O–H groups in total. The molecule has 1 rings (SSSR count). The van der Waals surface area contributed by atoms with Crippen LogP contribution in [0.15, 0.2) is 18.8 Å². The second-order valence-electron chi connectivity index (χ2n) is 3.08. The van der Waals surface area contributed by atoms with Crippen LogP contribution in [0.3, 0.4) is 0 Å². The van der Waals surface area contributed by atoms with E-state index in [1.807, 2.05) is 0 Å². The van der Waals surface area contributed by atoms with Gasteiger partial charge in [-0.25, -0.2) is 4.98 Å². The van der Waals surface area contributed by atoms with E-state index in [-0.39, 0.29) is 0 Å². The summed E-state index contributed by atoms with van der Waals surface area (Å²) in [6.45, 7) is 2.43. The summed E-state index contributed by atoms with van der Waals surface area (Å²) in [5.74, 6) is 0.496. The average Bonchev–Trinajstić information content (AvgIpc) is 2.25. The first-order valence-electron chi connectivity index (χ1n) is 4.57. The highest BCUT2D eigenvalue weighted by Crippen LogP contribution is 2.22. The molecule has 0 unspecified atom stereocenters. The summed E-state index contributed by atoms with van der Waals surface area (Å²) in [7, 11) is 1.64. The Labute approximate surface area is 91.4 Å². The van der Waals surface area contributed by atoms with Gasteiger partial charge in [0.05, 0.1) is 0 Å². The van der Waals surface area contributed by atoms with Gasteiger partial charge in [-0.3, -0.25) is 0 Å². The summed E-state index contributed by atoms with van der Waals surface area (Å²) in [5.41, 5.74) is 0.884. The number of nitrogens with zero attached hydrogens (tertiary/aromatic N) is 1. The maximum absolute atomic E-state index is 12.0. The van der Waals surface area contributed by atoms with Crippen LogP contribution in [0, 0.1) is 0 Å². The SMILES string of the molecule is C=Cc1cnc(NC)cc1NCC(F)(F)F. The summed E-state index contributed by atoms with van der Waals surface area (Å²) >= 11 is 0. The quantitative estimate of drug-likeness (QED) is 0.836. The van der Waals surface area contributed by atoms with E-state index in [9.17, 15) is 13.2 Å². The number of hydrogen-bond donors (Lipinski definition) is 2. The first-order chi connectivity index (χ1) is 7.46. The maximum Gasteiger partial charge on any atom is 0.405 e. The summed E-state index contributed by atoms with van der Waals surface area (Å²) in [6, 6.07) is 1.50. The van der Waals surface area contributed by atoms with E-state index in [0.29, 0.717) is 17.1 Å². The van der Waals surface area contributed by atoms with Gasteiger partial charge in [0, 0.05) is 30.6 Å². The molecule has 0 aliphatic heterocycles. The largest absolute Gasteiger partial charge is 0.405 e. The number of halogens is 3. The molecule has 16 heavy (non-hydrogen) atoms. The molecule has 0 atom stereocenters. The van der Waals surface area contributed by atoms with Crippen LogP contribution in [0.4, 0.5) is 24.7 Å². The number of anilines is 2. The van der Waals surface area contributed by atoms with Crippen LogP contribution in [-0.2, 0) is 0 Å². The highest BCUT2D eigenvalue weighted by molar-refractivity contribution is 5.68. The molecule has 6 heteroatoms. The monoisotopic (exact) mass is 231 g/mol. The van der Waals surface area contributed by atoms with Crippen LogP contribution in [-0.4, -0.2) is 24.8 Å². The van der Waals surface area contributed by atoms with Gasteiger partial charge in [0.1, 0.15) is 12.4 Å². The Morgan fingerprint density at radius 3 is 2.69 bits per heavy atom. The second kappa shape index (κ2) is 4.87. The molecule has 0 spiro atoms. The van der Waals surface area contributed by atoms with Gasteiger partial charge in [0.2, 0.25) is 0 Å². The fraction of sp³-hybridized carbons (Fsp3) is 0.300. The van der Waals surface area contributed by atoms with Gasteiger partial charge in [-0.15, -0.1) is 0 Å². The van der Waals surface area contributed by atoms with Crippen LogP contribution in [0.1, 0.15) is 5.56 Å². The standard InChI is InChI=1S/C10H12F3N3/c1-3-7-5-15-9(14-2)4-8(7)16-6-10(11,12)13/h3-5H,1,6H2,2H3,(H2,14,15,16). The molecular formula is C10H12F3N3. The molecule has 1 aromatic heterocycles. The molecule has 0 aliphatic carbocycles. The van der Waals surface area contributed by atoms with E-state index in [4.69, 9.17) is 0 Å². The molecule has 0 saturated carbocycles. The Hall–Kier alpha value is -1.72. The molecule has 0 saturated heterocycles. The lowest BCUT2D eigenvalue weighted by atomic mass is 10.2. The van der Waals surface area contributed by atoms with E-state index in [1.54, 1.807) is 7.05 Å². The number of nitrogens with one attached hydrogen (secondary N) is 2. The predicted molar refractivity (Wildman–Crippen MR) is 58.4 cm³/mol. The third kappa shape index (κ3) is 3.45. The minimum atomic E-state index is -4.25. The Bertz CT molecular complexity index is 374. The summed E-state index contributed by atoms with van der Waals surface area (Å²) in [4.78, 5) is 3.97. The maximum atomic E-state index is 12.0. The zero-order valence-electron chi connectivity index (χ0n) is 8.73. The molecule has 0 fully saturated rings. The fourth-order valence-corrected chi connectivity index (χ4v) is 1.11. The third-order valence-electron chi connectivity index (χ3n) is 1.89. The zero-order valence-corrected chi connectivity index (χ0v) is 8.73. The number of pyridine rings is 1. The number of alkyl halides is 3. The van der Waals surface area contributed by atoms with E-state index in [1.165, 1.54) is 18.3 Å². The van der Waals surface area contributed by atoms with Gasteiger partial charge in [0.25, 0.3) is 0 Å². The number of rotatable bonds is 4. The van der Waals surface area contributed by atoms with Gasteiger partial charge in [-0.2, -0.15) is 13.2 Å². The molecule has 88 valence electrons. The summed E-state index contributed by atoms with van der Waals surface area (Å²) in [5, 5.41) is 5.05. The Morgan fingerprint density at radius 2 is 2.19 bits per heavy atom. The molecule has 0 aliphatic rings. The van der Waals surface area contributed by atoms with Crippen molar-refractivity contribution in [3.8, 4) is 0 Å². The number of aromatic nitrogens is 1. The first-order valence-corrected chi connectivity index (χ1v) is 4.57. The lowest BCUT2D eigenvalue weighted by molar-refractivity contribution is -0.115. The lowest BCUT2D eigenvalue weighted by Crippen LogP contribution is -2.21. The minimum absolute atomic E-state index is 0.353. The average molecular weight is 231 g/mol. The predicted octanol–water partition coefficient (Wildman–Crippen LogP) is 2.74. The van der Waals surface area contributed by atoms with Crippen molar-refractivity contribution in [2.24, 2.45) is 0 Å². The van der Waals surface area contributed by atoms with Crippen LogP contribution in [0.25, 0.3) is 6.08 Å². The topological polar surface area (TPSA) is 37.0 Å². The smallest absolute Gasteiger partial charge is 0.376 e. The van der Waals surface area contributed by atoms with Crippen molar-refractivity contribution in [3.63, 3.8) is 0 Å². The molecule has 0 bridgehead atoms. The molecule has 0 radical (unpaired) electrons. The van der Waals surface area contributed by atoms with Gasteiger partial charge in [-0.1, -0.05) is 12.7 Å². The van der Waals surface area contributed by atoms with E-state index < -0.39 is 12.7 Å². The van der Waals surface area contributed by atoms with Crippen LogP contribution >= 0.6 is 0 Å². The Kier molecular flexibility index (Phi) is 3.76. The Morgan fingerprint density at radius 1 is 1.50 bits per heavy atom. The van der Waals surface area contributed by atoms with E-state index in [0.717, 1.165) is 0 Å². The van der Waals surface area contributed by atoms with Crippen molar-refractivity contribution >= 4 is 17.6 Å². The lowest BCUT2D eigenvalue weighted by Gasteiger charge is -2.12. The highest BCUT2D eigenvalue weighted by Gasteiger charge is 2.26. The highest BCUT2D eigenvalue weighted by atomic mass is 19.4. The second-order valence-corrected chi connectivity index (χ2v) is 3.08. The third-order valence-corrected chi connectivity index (χ3v) is 1.89. The summed E-state index contributed by atoms with van der Waals surface area (Å²) < 4.78 is 36.1. The van der Waals surface area contributed by atoms with Gasteiger partial charge >= 0.3 is 6.18 Å². The molecule has 3 nitrogen and oxygen atoms in total. The number of hydrogen-bond acceptors (Lipinski definition) is 3. The fourth-order valence-electron chi connectivity index (χ4n) is 1.11. The van der Waals surface area contributed by atoms with Gasteiger partial charge < -0.3 is 10.6 Å². The Balaban J connectivity index is 2.87. The van der Waals surface area contributed by atoms with Gasteiger partial charge in [0.15, 0.2) is 0 Å². The van der Waals surface area contributed by atoms with Crippen molar-refractivity contribution in [2.45, 2.75) is 6.18 Å². The molecular weight excluding hydrogens is 219 g/mol. The van der Waals surface area contributed by atoms with E-state index in [2.05, 4.69) is 22.2 Å². The van der Waals surface area contributed by atoms with Crippen molar-refractivity contribution in [2.75, 3.05) is 24.2 Å². The normalized spacial score (nSPS) is 11.0.